The predicted molar refractivity (Wildman–Crippen MR) is 62.3 cm³/mol. The van der Waals surface area contributed by atoms with E-state index < -0.39 is 23.6 Å². The molecule has 1 atom stereocenters. The number of carbonyl (C=O) groups is 1. The summed E-state index contributed by atoms with van der Waals surface area (Å²) in [7, 11) is 1.54. The van der Waals surface area contributed by atoms with Crippen molar-refractivity contribution in [1.82, 2.24) is 4.90 Å². The van der Waals surface area contributed by atoms with Gasteiger partial charge in [0.05, 0.1) is 6.54 Å². The summed E-state index contributed by atoms with van der Waals surface area (Å²) in [6.07, 6.45) is 0. The van der Waals surface area contributed by atoms with E-state index in [9.17, 15) is 13.6 Å². The molecule has 0 amide bonds. The van der Waals surface area contributed by atoms with Crippen molar-refractivity contribution in [1.29, 1.82) is 0 Å². The van der Waals surface area contributed by atoms with Crippen molar-refractivity contribution in [3.8, 4) is 0 Å². The van der Waals surface area contributed by atoms with Crippen molar-refractivity contribution < 1.29 is 18.7 Å². The lowest BCUT2D eigenvalue weighted by Crippen LogP contribution is -2.29. The number of halogens is 3. The Bertz CT molecular complexity index is 401. The highest BCUT2D eigenvalue weighted by atomic mass is 35.5. The monoisotopic (exact) mass is 265 g/mol. The predicted octanol–water partition coefficient (Wildman–Crippen LogP) is 2.46. The first-order valence-electron chi connectivity index (χ1n) is 4.78. The average molecular weight is 266 g/mol. The topological polar surface area (TPSA) is 40.5 Å². The summed E-state index contributed by atoms with van der Waals surface area (Å²) in [5.74, 6) is -2.08. The van der Waals surface area contributed by atoms with Crippen molar-refractivity contribution in [3.63, 3.8) is 0 Å². The maximum Gasteiger partial charge on any atom is 0.317 e. The molecule has 0 aromatic heterocycles. The zero-order valence-corrected chi connectivity index (χ0v) is 10.3. The van der Waals surface area contributed by atoms with Crippen LogP contribution in [0.5, 0.6) is 0 Å². The van der Waals surface area contributed by atoms with Gasteiger partial charge in [0.25, 0.3) is 0 Å². The van der Waals surface area contributed by atoms with Crippen LogP contribution in [0, 0.1) is 11.6 Å². The lowest BCUT2D eigenvalue weighted by molar-refractivity contribution is -0.138. The number of carboxylic acid groups (broad SMARTS) is 1. The number of nitrogens with zero attached hydrogens (tertiary/aromatic N) is 1. The van der Waals surface area contributed by atoms with Gasteiger partial charge in [0.15, 0.2) is 0 Å². The zero-order chi connectivity index (χ0) is 12.3. The minimum absolute atomic E-state index is 0. The largest absolute Gasteiger partial charge is 0.480 e. The summed E-state index contributed by atoms with van der Waals surface area (Å²) in [4.78, 5) is 11.9. The first-order valence-corrected chi connectivity index (χ1v) is 4.78. The maximum atomic E-state index is 13.4. The fraction of sp³-hybridized carbons (Fsp3) is 0.364. The van der Waals surface area contributed by atoms with Gasteiger partial charge in [0.2, 0.25) is 0 Å². The smallest absolute Gasteiger partial charge is 0.317 e. The van der Waals surface area contributed by atoms with E-state index >= 15 is 0 Å². The summed E-state index contributed by atoms with van der Waals surface area (Å²) >= 11 is 0. The molecule has 17 heavy (non-hydrogen) atoms. The van der Waals surface area contributed by atoms with Gasteiger partial charge >= 0.3 is 5.97 Å². The maximum absolute atomic E-state index is 13.4. The Balaban J connectivity index is 0.00000256. The number of rotatable bonds is 4. The van der Waals surface area contributed by atoms with Crippen LogP contribution < -0.4 is 0 Å². The normalized spacial score (nSPS) is 12.1. The Morgan fingerprint density at radius 3 is 2.59 bits per heavy atom. The first-order chi connectivity index (χ1) is 7.41. The Labute approximate surface area is 104 Å². The van der Waals surface area contributed by atoms with E-state index in [2.05, 4.69) is 0 Å². The van der Waals surface area contributed by atoms with Crippen molar-refractivity contribution in [2.45, 2.75) is 13.0 Å². The van der Waals surface area contributed by atoms with Crippen molar-refractivity contribution >= 4 is 18.4 Å². The van der Waals surface area contributed by atoms with Crippen LogP contribution in [0.1, 0.15) is 18.5 Å². The summed E-state index contributed by atoms with van der Waals surface area (Å²) in [6, 6.07) is 2.66. The van der Waals surface area contributed by atoms with E-state index in [4.69, 9.17) is 5.11 Å². The molecule has 0 aliphatic heterocycles. The van der Waals surface area contributed by atoms with Crippen LogP contribution >= 0.6 is 12.4 Å². The van der Waals surface area contributed by atoms with Crippen LogP contribution in [0.15, 0.2) is 18.2 Å². The molecule has 3 nitrogen and oxygen atoms in total. The molecule has 0 spiro atoms. The fourth-order valence-electron chi connectivity index (χ4n) is 1.42. The molecular formula is C11H14ClF2NO2. The number of aliphatic carboxylic acids is 1. The van der Waals surface area contributed by atoms with Crippen molar-refractivity contribution in [3.05, 3.63) is 35.4 Å². The molecule has 0 bridgehead atoms. The molecule has 0 heterocycles. The second kappa shape index (κ2) is 6.51. The number of hydrogen-bond acceptors (Lipinski definition) is 2. The molecular weight excluding hydrogens is 252 g/mol. The molecule has 96 valence electrons. The summed E-state index contributed by atoms with van der Waals surface area (Å²) in [5, 5.41) is 8.59. The number of hydrogen-bond donors (Lipinski definition) is 1. The zero-order valence-electron chi connectivity index (χ0n) is 9.48. The second-order valence-electron chi connectivity index (χ2n) is 3.65. The summed E-state index contributed by atoms with van der Waals surface area (Å²) in [5.41, 5.74) is 0.156. The Morgan fingerprint density at radius 1 is 1.47 bits per heavy atom. The van der Waals surface area contributed by atoms with E-state index in [0.29, 0.717) is 0 Å². The Hall–Kier alpha value is -1.20. The van der Waals surface area contributed by atoms with Crippen LogP contribution in [-0.4, -0.2) is 29.6 Å². The third-order valence-electron chi connectivity index (χ3n) is 2.45. The van der Waals surface area contributed by atoms with Gasteiger partial charge in [-0.3, -0.25) is 9.69 Å². The fourth-order valence-corrected chi connectivity index (χ4v) is 1.42. The van der Waals surface area contributed by atoms with Gasteiger partial charge in [0, 0.05) is 11.6 Å². The third-order valence-corrected chi connectivity index (χ3v) is 2.45. The summed E-state index contributed by atoms with van der Waals surface area (Å²) in [6.45, 7) is 1.40. The molecule has 0 fully saturated rings. The highest BCUT2D eigenvalue weighted by molar-refractivity contribution is 5.85. The van der Waals surface area contributed by atoms with Crippen LogP contribution in [-0.2, 0) is 4.79 Å². The van der Waals surface area contributed by atoms with Crippen LogP contribution in [0.2, 0.25) is 0 Å². The van der Waals surface area contributed by atoms with E-state index in [1.54, 1.807) is 14.0 Å². The Morgan fingerprint density at radius 2 is 2.06 bits per heavy atom. The van der Waals surface area contributed by atoms with Gasteiger partial charge < -0.3 is 5.11 Å². The molecule has 6 heteroatoms. The Kier molecular flexibility index (Phi) is 6.05. The van der Waals surface area contributed by atoms with Gasteiger partial charge in [-0.25, -0.2) is 8.78 Å². The van der Waals surface area contributed by atoms with Gasteiger partial charge in [0.1, 0.15) is 11.6 Å². The van der Waals surface area contributed by atoms with Gasteiger partial charge in [-0.15, -0.1) is 12.4 Å². The van der Waals surface area contributed by atoms with Crippen molar-refractivity contribution in [2.75, 3.05) is 13.6 Å². The van der Waals surface area contributed by atoms with Crippen LogP contribution in [0.4, 0.5) is 8.78 Å². The molecule has 1 rings (SSSR count). The van der Waals surface area contributed by atoms with Crippen LogP contribution in [0.3, 0.4) is 0 Å². The van der Waals surface area contributed by atoms with Gasteiger partial charge in [-0.05, 0) is 32.2 Å². The molecule has 1 aromatic carbocycles. The van der Waals surface area contributed by atoms with E-state index in [1.165, 1.54) is 4.90 Å². The quantitative estimate of drug-likeness (QED) is 0.909. The number of carboxylic acids is 1. The third kappa shape index (κ3) is 4.28. The average Bonchev–Trinajstić information content (AvgIpc) is 2.19. The molecule has 0 radical (unpaired) electrons. The summed E-state index contributed by atoms with van der Waals surface area (Å²) < 4.78 is 26.3. The minimum Gasteiger partial charge on any atom is -0.480 e. The van der Waals surface area contributed by atoms with Crippen LogP contribution in [0.25, 0.3) is 0 Å². The lowest BCUT2D eigenvalue weighted by Gasteiger charge is -2.23. The lowest BCUT2D eigenvalue weighted by atomic mass is 10.1. The van der Waals surface area contributed by atoms with E-state index in [0.717, 1.165) is 18.2 Å². The SMILES string of the molecule is CC(c1cc(F)ccc1F)N(C)CC(=O)O.Cl. The van der Waals surface area contributed by atoms with E-state index in [-0.39, 0.29) is 24.5 Å². The van der Waals surface area contributed by atoms with E-state index in [1.807, 2.05) is 0 Å². The highest BCUT2D eigenvalue weighted by Crippen LogP contribution is 2.22. The number of benzene rings is 1. The second-order valence-corrected chi connectivity index (χ2v) is 3.65. The number of likely N-dealkylation sites (N-methyl/N-ethyl adjacent to an activating group) is 1. The molecule has 0 aliphatic rings. The van der Waals surface area contributed by atoms with Gasteiger partial charge in [-0.2, -0.15) is 0 Å². The highest BCUT2D eigenvalue weighted by Gasteiger charge is 2.18. The molecule has 1 N–H and O–H groups in total. The standard InChI is InChI=1S/C11H13F2NO2.ClH/c1-7(14(2)6-11(15)16)9-5-8(12)3-4-10(9)13;/h3-5,7H,6H2,1-2H3,(H,15,16);1H. The molecule has 1 aromatic rings. The molecule has 0 saturated heterocycles. The first kappa shape index (κ1) is 15.8. The minimum atomic E-state index is -1.01. The molecule has 0 aliphatic carbocycles. The van der Waals surface area contributed by atoms with Crippen molar-refractivity contribution in [2.24, 2.45) is 0 Å². The molecule has 1 unspecified atom stereocenters. The van der Waals surface area contributed by atoms with Gasteiger partial charge in [-0.1, -0.05) is 0 Å². The molecule has 0 saturated carbocycles.